The molecule has 0 heterocycles. The monoisotopic (exact) mass is 212 g/mol. The van der Waals surface area contributed by atoms with E-state index in [1.165, 1.54) is 0 Å². The van der Waals surface area contributed by atoms with Crippen molar-refractivity contribution in [2.75, 3.05) is 0 Å². The lowest BCUT2D eigenvalue weighted by molar-refractivity contribution is -0.147. The van der Waals surface area contributed by atoms with Gasteiger partial charge in [0.05, 0.1) is 6.42 Å². The van der Waals surface area contributed by atoms with E-state index in [2.05, 4.69) is 0 Å². The Hall–Kier alpha value is -0.860. The number of hydrogen-bond donors (Lipinski definition) is 1. The number of carboxylic acid groups (broad SMARTS) is 1. The summed E-state index contributed by atoms with van der Waals surface area (Å²) < 4.78 is 0. The number of ketones is 1. The Morgan fingerprint density at radius 2 is 1.67 bits per heavy atom. The second-order valence-corrected chi connectivity index (χ2v) is 5.64. The van der Waals surface area contributed by atoms with Crippen LogP contribution < -0.4 is 0 Å². The van der Waals surface area contributed by atoms with Gasteiger partial charge < -0.3 is 5.11 Å². The zero-order valence-electron chi connectivity index (χ0n) is 9.80. The summed E-state index contributed by atoms with van der Waals surface area (Å²) in [6.45, 7) is 5.62. The molecule has 1 aliphatic carbocycles. The second kappa shape index (κ2) is 3.95. The third-order valence-electron chi connectivity index (χ3n) is 3.21. The van der Waals surface area contributed by atoms with Gasteiger partial charge in [-0.1, -0.05) is 33.6 Å². The number of carbonyl (C=O) groups is 2. The van der Waals surface area contributed by atoms with Crippen molar-refractivity contribution in [1.82, 2.24) is 0 Å². The van der Waals surface area contributed by atoms with Crippen LogP contribution in [0.15, 0.2) is 0 Å². The minimum Gasteiger partial charge on any atom is -0.481 e. The molecule has 1 rings (SSSR count). The summed E-state index contributed by atoms with van der Waals surface area (Å²) in [5, 5.41) is 8.90. The van der Waals surface area contributed by atoms with Gasteiger partial charge in [-0.3, -0.25) is 9.59 Å². The van der Waals surface area contributed by atoms with Crippen LogP contribution >= 0.6 is 0 Å². The van der Waals surface area contributed by atoms with E-state index in [1.807, 2.05) is 20.8 Å². The summed E-state index contributed by atoms with van der Waals surface area (Å²) in [7, 11) is 0. The maximum atomic E-state index is 12.3. The van der Waals surface area contributed by atoms with Crippen molar-refractivity contribution in [2.45, 2.75) is 52.9 Å². The normalized spacial score (nSPS) is 20.2. The van der Waals surface area contributed by atoms with E-state index in [4.69, 9.17) is 5.11 Å². The van der Waals surface area contributed by atoms with Gasteiger partial charge in [0.15, 0.2) is 0 Å². The molecule has 0 radical (unpaired) electrons. The first-order valence-corrected chi connectivity index (χ1v) is 5.55. The van der Waals surface area contributed by atoms with Gasteiger partial charge in [0.2, 0.25) is 0 Å². The standard InChI is InChI=1S/C12H20O3/c1-11(2,3)10(15)12(8-9(13)14)6-4-5-7-12/h4-8H2,1-3H3,(H,13,14). The maximum absolute atomic E-state index is 12.3. The molecule has 0 amide bonds. The Balaban J connectivity index is 2.91. The van der Waals surface area contributed by atoms with E-state index in [1.54, 1.807) is 0 Å². The fraction of sp³-hybridized carbons (Fsp3) is 0.833. The van der Waals surface area contributed by atoms with Crippen LogP contribution in [0.1, 0.15) is 52.9 Å². The van der Waals surface area contributed by atoms with E-state index in [9.17, 15) is 9.59 Å². The fourth-order valence-electron chi connectivity index (χ4n) is 2.62. The number of carbonyl (C=O) groups excluding carboxylic acids is 1. The van der Waals surface area contributed by atoms with Gasteiger partial charge in [-0.25, -0.2) is 0 Å². The first-order valence-electron chi connectivity index (χ1n) is 5.55. The Labute approximate surface area is 90.9 Å². The maximum Gasteiger partial charge on any atom is 0.304 e. The summed E-state index contributed by atoms with van der Waals surface area (Å²) in [5.74, 6) is -0.732. The van der Waals surface area contributed by atoms with Gasteiger partial charge in [-0.2, -0.15) is 0 Å². The molecular formula is C12H20O3. The quantitative estimate of drug-likeness (QED) is 0.782. The molecule has 15 heavy (non-hydrogen) atoms. The molecule has 86 valence electrons. The van der Waals surface area contributed by atoms with Crippen molar-refractivity contribution in [2.24, 2.45) is 10.8 Å². The third-order valence-corrected chi connectivity index (χ3v) is 3.21. The lowest BCUT2D eigenvalue weighted by Gasteiger charge is -2.32. The lowest BCUT2D eigenvalue weighted by atomic mass is 9.69. The highest BCUT2D eigenvalue weighted by atomic mass is 16.4. The minimum absolute atomic E-state index is 0.00308. The molecule has 0 bridgehead atoms. The van der Waals surface area contributed by atoms with Crippen LogP contribution in [0, 0.1) is 10.8 Å². The molecule has 0 saturated heterocycles. The molecule has 0 atom stereocenters. The highest BCUT2D eigenvalue weighted by molar-refractivity contribution is 5.92. The SMILES string of the molecule is CC(C)(C)C(=O)C1(CC(=O)O)CCCC1. The van der Waals surface area contributed by atoms with E-state index >= 15 is 0 Å². The molecule has 3 nitrogen and oxygen atoms in total. The van der Waals surface area contributed by atoms with E-state index in [-0.39, 0.29) is 12.2 Å². The van der Waals surface area contributed by atoms with Crippen molar-refractivity contribution >= 4 is 11.8 Å². The topological polar surface area (TPSA) is 54.4 Å². The Bertz CT molecular complexity index is 267. The van der Waals surface area contributed by atoms with Crippen LogP contribution in [-0.2, 0) is 9.59 Å². The third kappa shape index (κ3) is 2.58. The summed E-state index contributed by atoms with van der Waals surface area (Å²) >= 11 is 0. The minimum atomic E-state index is -0.852. The largest absolute Gasteiger partial charge is 0.481 e. The molecule has 0 aromatic rings. The first kappa shape index (κ1) is 12.2. The average molecular weight is 212 g/mol. The van der Waals surface area contributed by atoms with Crippen molar-refractivity contribution in [3.05, 3.63) is 0 Å². The summed E-state index contributed by atoms with van der Waals surface area (Å²) in [6.07, 6.45) is 3.46. The fourth-order valence-corrected chi connectivity index (χ4v) is 2.62. The molecule has 1 aliphatic rings. The van der Waals surface area contributed by atoms with Crippen LogP contribution in [0.5, 0.6) is 0 Å². The van der Waals surface area contributed by atoms with Crippen molar-refractivity contribution in [3.63, 3.8) is 0 Å². The second-order valence-electron chi connectivity index (χ2n) is 5.64. The van der Waals surface area contributed by atoms with Crippen LogP contribution in [0.25, 0.3) is 0 Å². The Morgan fingerprint density at radius 1 is 1.20 bits per heavy atom. The van der Waals surface area contributed by atoms with Crippen molar-refractivity contribution in [1.29, 1.82) is 0 Å². The molecule has 1 fully saturated rings. The lowest BCUT2D eigenvalue weighted by Crippen LogP contribution is -2.39. The van der Waals surface area contributed by atoms with Crippen LogP contribution in [0.3, 0.4) is 0 Å². The predicted octanol–water partition coefficient (Wildman–Crippen LogP) is 2.64. The molecule has 3 heteroatoms. The smallest absolute Gasteiger partial charge is 0.304 e. The zero-order valence-corrected chi connectivity index (χ0v) is 9.80. The van der Waals surface area contributed by atoms with Crippen molar-refractivity contribution < 1.29 is 14.7 Å². The highest BCUT2D eigenvalue weighted by Crippen LogP contribution is 2.45. The highest BCUT2D eigenvalue weighted by Gasteiger charge is 2.46. The average Bonchev–Trinajstić information content (AvgIpc) is 2.50. The molecular weight excluding hydrogens is 192 g/mol. The van der Waals surface area contributed by atoms with Gasteiger partial charge in [-0.15, -0.1) is 0 Å². The molecule has 1 N–H and O–H groups in total. The predicted molar refractivity (Wildman–Crippen MR) is 57.6 cm³/mol. The van der Waals surface area contributed by atoms with Gasteiger partial charge in [-0.05, 0) is 12.8 Å². The molecule has 0 aliphatic heterocycles. The first-order chi connectivity index (χ1) is 6.78. The Morgan fingerprint density at radius 3 is 2.00 bits per heavy atom. The van der Waals surface area contributed by atoms with Gasteiger partial charge >= 0.3 is 5.97 Å². The zero-order chi connectivity index (χ0) is 11.7. The van der Waals surface area contributed by atoms with Gasteiger partial charge in [0.1, 0.15) is 5.78 Å². The van der Waals surface area contributed by atoms with Crippen LogP contribution in [0.4, 0.5) is 0 Å². The molecule has 1 saturated carbocycles. The van der Waals surface area contributed by atoms with Gasteiger partial charge in [0.25, 0.3) is 0 Å². The van der Waals surface area contributed by atoms with E-state index < -0.39 is 16.8 Å². The van der Waals surface area contributed by atoms with Crippen molar-refractivity contribution in [3.8, 4) is 0 Å². The molecule has 0 unspecified atom stereocenters. The molecule has 0 aromatic carbocycles. The number of rotatable bonds is 3. The van der Waals surface area contributed by atoms with Crippen LogP contribution in [-0.4, -0.2) is 16.9 Å². The van der Waals surface area contributed by atoms with E-state index in [0.29, 0.717) is 0 Å². The number of Topliss-reactive ketones (excluding diaryl/α,β-unsaturated/α-hetero) is 1. The summed E-state index contributed by atoms with van der Waals surface area (Å²) in [6, 6.07) is 0. The van der Waals surface area contributed by atoms with Gasteiger partial charge in [0, 0.05) is 10.8 Å². The number of carboxylic acids is 1. The summed E-state index contributed by atoms with van der Waals surface area (Å²) in [5.41, 5.74) is -1.01. The number of aliphatic carboxylic acids is 1. The summed E-state index contributed by atoms with van der Waals surface area (Å²) in [4.78, 5) is 23.1. The Kier molecular flexibility index (Phi) is 3.22. The molecule has 0 aromatic heterocycles. The van der Waals surface area contributed by atoms with E-state index in [0.717, 1.165) is 25.7 Å². The molecule has 0 spiro atoms. The number of hydrogen-bond acceptors (Lipinski definition) is 2. The van der Waals surface area contributed by atoms with Crippen LogP contribution in [0.2, 0.25) is 0 Å².